The lowest BCUT2D eigenvalue weighted by Crippen LogP contribution is -2.20. The van der Waals surface area contributed by atoms with Gasteiger partial charge in [-0.05, 0) is 31.2 Å². The number of fused-ring (bicyclic) bond motifs is 1. The summed E-state index contributed by atoms with van der Waals surface area (Å²) in [6, 6.07) is 11.0. The highest BCUT2D eigenvalue weighted by molar-refractivity contribution is 5.95. The van der Waals surface area contributed by atoms with E-state index in [1.54, 1.807) is 6.20 Å². The molecule has 136 valence electrons. The van der Waals surface area contributed by atoms with Crippen LogP contribution in [0.2, 0.25) is 0 Å². The van der Waals surface area contributed by atoms with E-state index in [9.17, 15) is 13.6 Å². The van der Waals surface area contributed by atoms with E-state index in [1.165, 1.54) is 23.9 Å². The Hall–Kier alpha value is -3.55. The van der Waals surface area contributed by atoms with Gasteiger partial charge in [0.15, 0.2) is 0 Å². The molecule has 2 aromatic heterocycles. The van der Waals surface area contributed by atoms with Crippen LogP contribution in [0.3, 0.4) is 0 Å². The lowest BCUT2D eigenvalue weighted by molar-refractivity contribution is -0.117. The Morgan fingerprint density at radius 1 is 1.15 bits per heavy atom. The first-order valence-electron chi connectivity index (χ1n) is 8.27. The average Bonchev–Trinajstić information content (AvgIpc) is 3.27. The molecule has 0 aliphatic rings. The fourth-order valence-corrected chi connectivity index (χ4v) is 2.86. The summed E-state index contributed by atoms with van der Waals surface area (Å²) in [4.78, 5) is 19.9. The van der Waals surface area contributed by atoms with Crippen molar-refractivity contribution >= 4 is 22.6 Å². The molecule has 0 fully saturated rings. The summed E-state index contributed by atoms with van der Waals surface area (Å²) in [5, 5.41) is 6.78. The number of halogens is 2. The number of imidazole rings is 1. The van der Waals surface area contributed by atoms with Crippen LogP contribution < -0.4 is 5.32 Å². The summed E-state index contributed by atoms with van der Waals surface area (Å²) in [7, 11) is 0. The largest absolute Gasteiger partial charge is 0.323 e. The zero-order valence-corrected chi connectivity index (χ0v) is 14.3. The van der Waals surface area contributed by atoms with Crippen molar-refractivity contribution < 1.29 is 13.6 Å². The minimum absolute atomic E-state index is 0.264. The first-order valence-corrected chi connectivity index (χ1v) is 8.27. The Bertz CT molecular complexity index is 1080. The number of aromatic amines is 1. The van der Waals surface area contributed by atoms with Crippen LogP contribution in [0.5, 0.6) is 0 Å². The fourth-order valence-electron chi connectivity index (χ4n) is 2.86. The second-order valence-electron chi connectivity index (χ2n) is 6.10. The number of nitrogens with zero attached hydrogens (tertiary/aromatic N) is 3. The van der Waals surface area contributed by atoms with Crippen molar-refractivity contribution in [2.24, 2.45) is 0 Å². The highest BCUT2D eigenvalue weighted by Crippen LogP contribution is 2.24. The molecule has 1 amide bonds. The van der Waals surface area contributed by atoms with Gasteiger partial charge in [0.1, 0.15) is 11.6 Å². The van der Waals surface area contributed by atoms with Gasteiger partial charge in [0.25, 0.3) is 0 Å². The highest BCUT2D eigenvalue weighted by Gasteiger charge is 2.23. The van der Waals surface area contributed by atoms with Crippen LogP contribution in [0.4, 0.5) is 14.5 Å². The number of nitrogens with one attached hydrogen (secondary N) is 2. The summed E-state index contributed by atoms with van der Waals surface area (Å²) in [5.41, 5.74) is 1.78. The molecule has 0 saturated carbocycles. The van der Waals surface area contributed by atoms with Gasteiger partial charge in [-0.15, -0.1) is 0 Å². The second kappa shape index (κ2) is 6.64. The maximum Gasteiger partial charge on any atom is 0.231 e. The maximum atomic E-state index is 13.9. The van der Waals surface area contributed by atoms with Crippen molar-refractivity contribution in [1.82, 2.24) is 19.7 Å². The minimum atomic E-state index is -0.999. The van der Waals surface area contributed by atoms with Gasteiger partial charge in [-0.1, -0.05) is 18.2 Å². The van der Waals surface area contributed by atoms with E-state index in [2.05, 4.69) is 20.4 Å². The molecule has 6 nitrogen and oxygen atoms in total. The molecule has 2 N–H and O–H groups in total. The van der Waals surface area contributed by atoms with Crippen LogP contribution in [-0.4, -0.2) is 25.7 Å². The van der Waals surface area contributed by atoms with Gasteiger partial charge >= 0.3 is 0 Å². The summed E-state index contributed by atoms with van der Waals surface area (Å²) in [6.07, 6.45) is 3.01. The molecule has 0 aliphatic carbocycles. The number of benzene rings is 2. The van der Waals surface area contributed by atoms with Crippen molar-refractivity contribution in [3.63, 3.8) is 0 Å². The van der Waals surface area contributed by atoms with Crippen molar-refractivity contribution in [2.45, 2.75) is 12.8 Å². The van der Waals surface area contributed by atoms with Crippen LogP contribution in [0.1, 0.15) is 18.4 Å². The molecule has 2 aromatic carbocycles. The van der Waals surface area contributed by atoms with Gasteiger partial charge in [0, 0.05) is 5.56 Å². The molecule has 4 rings (SSSR count). The molecule has 8 heteroatoms. The number of H-pyrrole nitrogens is 1. The topological polar surface area (TPSA) is 75.6 Å². The molecular formula is C19H15F2N5O. The molecule has 0 aliphatic heterocycles. The van der Waals surface area contributed by atoms with E-state index < -0.39 is 23.5 Å². The quantitative estimate of drug-likeness (QED) is 0.577. The molecule has 0 saturated heterocycles. The minimum Gasteiger partial charge on any atom is -0.323 e. The first-order chi connectivity index (χ1) is 13.0. The lowest BCUT2D eigenvalue weighted by atomic mass is 9.99. The maximum absolute atomic E-state index is 13.9. The number of para-hydroxylation sites is 2. The molecule has 0 spiro atoms. The standard InChI is InChI=1S/C19H15F2N5O/c1-11(17-13(20)5-4-6-14(17)21)18(27)23-12-9-22-26(10-12)19-24-15-7-2-3-8-16(15)25-19/h2-11H,1H3,(H,23,27)(H,24,25)/t11-/m1/s1. The number of rotatable bonds is 4. The lowest BCUT2D eigenvalue weighted by Gasteiger charge is -2.13. The molecular weight excluding hydrogens is 352 g/mol. The predicted molar refractivity (Wildman–Crippen MR) is 96.6 cm³/mol. The van der Waals surface area contributed by atoms with Gasteiger partial charge in [-0.25, -0.2) is 18.4 Å². The molecule has 0 radical (unpaired) electrons. The van der Waals surface area contributed by atoms with E-state index in [-0.39, 0.29) is 5.56 Å². The number of carbonyl (C=O) groups is 1. The molecule has 2 heterocycles. The highest BCUT2D eigenvalue weighted by atomic mass is 19.1. The second-order valence-corrected chi connectivity index (χ2v) is 6.10. The van der Waals surface area contributed by atoms with E-state index in [0.717, 1.165) is 23.2 Å². The average molecular weight is 367 g/mol. The number of carbonyl (C=O) groups excluding carboxylic acids is 1. The Kier molecular flexibility index (Phi) is 4.15. The van der Waals surface area contributed by atoms with E-state index in [4.69, 9.17) is 0 Å². The Labute approximate surface area is 152 Å². The summed E-state index contributed by atoms with van der Waals surface area (Å²) < 4.78 is 29.2. The van der Waals surface area contributed by atoms with Gasteiger partial charge in [0.05, 0.1) is 35.0 Å². The first kappa shape index (κ1) is 16.9. The van der Waals surface area contributed by atoms with Crippen molar-refractivity contribution in [2.75, 3.05) is 5.32 Å². The third-order valence-electron chi connectivity index (χ3n) is 4.27. The van der Waals surface area contributed by atoms with Crippen molar-refractivity contribution in [3.8, 4) is 5.95 Å². The Balaban J connectivity index is 1.54. The van der Waals surface area contributed by atoms with Crippen molar-refractivity contribution in [3.05, 3.63) is 72.1 Å². The summed E-state index contributed by atoms with van der Waals surface area (Å²) in [5.74, 6) is -2.56. The normalized spacial score (nSPS) is 12.3. The molecule has 1 atom stereocenters. The molecule has 27 heavy (non-hydrogen) atoms. The summed E-state index contributed by atoms with van der Waals surface area (Å²) in [6.45, 7) is 1.44. The molecule has 0 bridgehead atoms. The Morgan fingerprint density at radius 2 is 1.89 bits per heavy atom. The summed E-state index contributed by atoms with van der Waals surface area (Å²) >= 11 is 0. The zero-order valence-electron chi connectivity index (χ0n) is 14.3. The smallest absolute Gasteiger partial charge is 0.231 e. The molecule has 0 unspecified atom stereocenters. The van der Waals surface area contributed by atoms with Crippen molar-refractivity contribution in [1.29, 1.82) is 0 Å². The Morgan fingerprint density at radius 3 is 2.63 bits per heavy atom. The van der Waals surface area contributed by atoms with Gasteiger partial charge in [-0.3, -0.25) is 4.79 Å². The predicted octanol–water partition coefficient (Wildman–Crippen LogP) is 3.77. The number of hydrogen-bond donors (Lipinski definition) is 2. The number of amides is 1. The van der Waals surface area contributed by atoms with Crippen LogP contribution in [0.25, 0.3) is 17.0 Å². The fraction of sp³-hybridized carbons (Fsp3) is 0.105. The third kappa shape index (κ3) is 3.17. The van der Waals surface area contributed by atoms with Gasteiger partial charge in [-0.2, -0.15) is 5.10 Å². The number of anilines is 1. The van der Waals surface area contributed by atoms with Crippen LogP contribution in [0.15, 0.2) is 54.9 Å². The third-order valence-corrected chi connectivity index (χ3v) is 4.27. The van der Waals surface area contributed by atoms with E-state index in [1.807, 2.05) is 24.3 Å². The van der Waals surface area contributed by atoms with E-state index >= 15 is 0 Å². The number of hydrogen-bond acceptors (Lipinski definition) is 3. The van der Waals surface area contributed by atoms with Crippen LogP contribution in [-0.2, 0) is 4.79 Å². The van der Waals surface area contributed by atoms with E-state index in [0.29, 0.717) is 11.6 Å². The molecule has 4 aromatic rings. The van der Waals surface area contributed by atoms with Gasteiger partial charge < -0.3 is 10.3 Å². The SMILES string of the molecule is C[C@@H](C(=O)Nc1cnn(-c2nc3ccccc3[nH]2)c1)c1c(F)cccc1F. The number of aromatic nitrogens is 4. The van der Waals surface area contributed by atoms with Crippen LogP contribution >= 0.6 is 0 Å². The zero-order chi connectivity index (χ0) is 19.0. The monoisotopic (exact) mass is 367 g/mol. The van der Waals surface area contributed by atoms with Crippen LogP contribution in [0, 0.1) is 11.6 Å². The van der Waals surface area contributed by atoms with Gasteiger partial charge in [0.2, 0.25) is 11.9 Å².